The first kappa shape index (κ1) is 30.6. The van der Waals surface area contributed by atoms with Gasteiger partial charge in [0.25, 0.3) is 5.91 Å². The number of rotatable bonds is 8. The summed E-state index contributed by atoms with van der Waals surface area (Å²) >= 11 is 4.29. The van der Waals surface area contributed by atoms with Gasteiger partial charge in [-0.2, -0.15) is 12.6 Å². The minimum atomic E-state index is -2.71. The van der Waals surface area contributed by atoms with E-state index in [1.807, 2.05) is 18.7 Å². The van der Waals surface area contributed by atoms with Gasteiger partial charge in [-0.1, -0.05) is 19.9 Å². The van der Waals surface area contributed by atoms with Crippen LogP contribution in [0.3, 0.4) is 0 Å². The summed E-state index contributed by atoms with van der Waals surface area (Å²) in [4.78, 5) is 55.6. The highest BCUT2D eigenvalue weighted by Crippen LogP contribution is 2.53. The monoisotopic (exact) mass is 588 g/mol. The number of aliphatic hydroxyl groups is 3. The molecule has 41 heavy (non-hydrogen) atoms. The first-order valence-electron chi connectivity index (χ1n) is 13.4. The van der Waals surface area contributed by atoms with Gasteiger partial charge in [0, 0.05) is 17.2 Å². The van der Waals surface area contributed by atoms with Crippen molar-refractivity contribution in [2.75, 3.05) is 38.3 Å². The number of amides is 2. The van der Waals surface area contributed by atoms with E-state index in [1.165, 1.54) is 11.0 Å². The number of nitrogens with two attached hydrogens (primary N) is 1. The normalized spacial score (nSPS) is 26.6. The Labute approximate surface area is 242 Å². The molecule has 2 amide bonds. The van der Waals surface area contributed by atoms with E-state index in [4.69, 9.17) is 5.73 Å². The number of aliphatic hydroxyl groups excluding tert-OH is 2. The SMILES string of the molecule is CCN(CC)C(CS)C(=O)Nc1ccc2c(c1O)C(O)=C1C(=O)[C@]3(O)C(O)=C(C(N)=O)C(=O)[C@@H](N(C)C)C3CC1C2. The zero-order chi connectivity index (χ0) is 30.5. The Morgan fingerprint density at radius 3 is 2.34 bits per heavy atom. The molecule has 0 aromatic heterocycles. The summed E-state index contributed by atoms with van der Waals surface area (Å²) < 4.78 is 0. The predicted molar refractivity (Wildman–Crippen MR) is 153 cm³/mol. The molecule has 1 aromatic rings. The topological polar surface area (TPSA) is 194 Å². The standard InChI is InChI=1S/C28H36N4O8S/c1-5-32(6-2)16(11-41)27(39)30-15-8-7-12-9-13-10-14-20(31(3)4)23(35)19(26(29)38)25(37)28(14,40)24(36)18(13)22(34)17(12)21(15)33/h7-8,13-14,16,20,33-34,37,40-41H,5-6,9-11H2,1-4H3,(H2,29,38)(H,30,39)/t13?,14?,16?,20-,28-/m0/s1. The predicted octanol–water partition coefficient (Wildman–Crippen LogP) is 0.543. The maximum atomic E-state index is 13.9. The fourth-order valence-electron chi connectivity index (χ4n) is 6.56. The van der Waals surface area contributed by atoms with Gasteiger partial charge >= 0.3 is 0 Å². The second-order valence-corrected chi connectivity index (χ2v) is 11.2. The molecule has 13 heteroatoms. The fourth-order valence-corrected chi connectivity index (χ4v) is 6.96. The van der Waals surface area contributed by atoms with Crippen molar-refractivity contribution in [1.29, 1.82) is 0 Å². The zero-order valence-corrected chi connectivity index (χ0v) is 24.2. The van der Waals surface area contributed by atoms with Crippen molar-refractivity contribution in [3.63, 3.8) is 0 Å². The number of thiol groups is 1. The van der Waals surface area contributed by atoms with E-state index >= 15 is 0 Å². The maximum absolute atomic E-state index is 13.9. The number of primary amides is 1. The number of carbonyl (C=O) groups is 4. The molecule has 7 N–H and O–H groups in total. The van der Waals surface area contributed by atoms with Gasteiger partial charge in [-0.15, -0.1) is 0 Å². The maximum Gasteiger partial charge on any atom is 0.255 e. The lowest BCUT2D eigenvalue weighted by Gasteiger charge is -2.50. The van der Waals surface area contributed by atoms with Gasteiger partial charge in [-0.05, 0) is 57.6 Å². The average molecular weight is 589 g/mol. The summed E-state index contributed by atoms with van der Waals surface area (Å²) in [5, 5.41) is 47.8. The van der Waals surface area contributed by atoms with E-state index in [9.17, 15) is 39.6 Å². The molecule has 3 aliphatic rings. The molecule has 0 heterocycles. The second-order valence-electron chi connectivity index (χ2n) is 10.9. The quantitative estimate of drug-likeness (QED) is 0.128. The van der Waals surface area contributed by atoms with Crippen molar-refractivity contribution in [3.05, 3.63) is 40.2 Å². The summed E-state index contributed by atoms with van der Waals surface area (Å²) in [6.07, 6.45) is 0.160. The smallest absolute Gasteiger partial charge is 0.255 e. The van der Waals surface area contributed by atoms with Crippen LogP contribution in [0, 0.1) is 11.8 Å². The number of ketones is 2. The molecule has 0 spiro atoms. The van der Waals surface area contributed by atoms with E-state index < -0.39 is 75.7 Å². The van der Waals surface area contributed by atoms with Crippen LogP contribution in [0.4, 0.5) is 5.69 Å². The Hall–Kier alpha value is -3.39. The number of hydrogen-bond donors (Lipinski definition) is 7. The fraction of sp³-hybridized carbons (Fsp3) is 0.500. The van der Waals surface area contributed by atoms with Gasteiger partial charge in [-0.25, -0.2) is 0 Å². The van der Waals surface area contributed by atoms with Gasteiger partial charge in [0.2, 0.25) is 11.7 Å². The molecule has 0 bridgehead atoms. The first-order chi connectivity index (χ1) is 19.3. The molecular weight excluding hydrogens is 552 g/mol. The van der Waals surface area contributed by atoms with Crippen molar-refractivity contribution in [1.82, 2.24) is 9.80 Å². The van der Waals surface area contributed by atoms with Gasteiger partial charge in [0.15, 0.2) is 11.4 Å². The van der Waals surface area contributed by atoms with Crippen LogP contribution in [-0.2, 0) is 25.6 Å². The van der Waals surface area contributed by atoms with E-state index in [0.29, 0.717) is 18.7 Å². The number of Topliss-reactive ketones (excluding diaryl/α,β-unsaturated/α-hetero) is 2. The highest BCUT2D eigenvalue weighted by molar-refractivity contribution is 7.80. The zero-order valence-electron chi connectivity index (χ0n) is 23.3. The number of fused-ring (bicyclic) bond motifs is 3. The number of aromatic hydroxyl groups is 1. The number of phenols is 1. The lowest BCUT2D eigenvalue weighted by atomic mass is 9.57. The largest absolute Gasteiger partial charge is 0.508 e. The Morgan fingerprint density at radius 1 is 1.17 bits per heavy atom. The molecular formula is C28H36N4O8S. The molecule has 3 unspecified atom stereocenters. The van der Waals surface area contributed by atoms with Crippen LogP contribution in [-0.4, -0.2) is 104 Å². The van der Waals surface area contributed by atoms with Crippen molar-refractivity contribution < 1.29 is 39.6 Å². The summed E-state index contributed by atoms with van der Waals surface area (Å²) in [5.41, 5.74) is 1.91. The van der Waals surface area contributed by atoms with Crippen molar-refractivity contribution >= 4 is 47.5 Å². The van der Waals surface area contributed by atoms with Crippen molar-refractivity contribution in [3.8, 4) is 5.75 Å². The number of anilines is 1. The van der Waals surface area contributed by atoms with Crippen LogP contribution < -0.4 is 11.1 Å². The Balaban J connectivity index is 1.81. The van der Waals surface area contributed by atoms with Crippen LogP contribution in [0.5, 0.6) is 5.75 Å². The molecule has 0 radical (unpaired) electrons. The summed E-state index contributed by atoms with van der Waals surface area (Å²) in [5.74, 6) is -7.44. The van der Waals surface area contributed by atoms with Crippen molar-refractivity contribution in [2.45, 2.75) is 44.4 Å². The third kappa shape index (κ3) is 4.60. The minimum Gasteiger partial charge on any atom is -0.508 e. The van der Waals surface area contributed by atoms with Gasteiger partial charge in [0.1, 0.15) is 22.8 Å². The van der Waals surface area contributed by atoms with E-state index in [2.05, 4.69) is 17.9 Å². The molecule has 1 fully saturated rings. The van der Waals surface area contributed by atoms with Gasteiger partial charge in [0.05, 0.1) is 23.3 Å². The van der Waals surface area contributed by atoms with E-state index in [1.54, 1.807) is 20.2 Å². The summed E-state index contributed by atoms with van der Waals surface area (Å²) in [6.45, 7) is 5.02. The molecule has 0 saturated heterocycles. The second kappa shape index (κ2) is 11.1. The third-order valence-corrected chi connectivity index (χ3v) is 8.93. The third-order valence-electron chi connectivity index (χ3n) is 8.58. The first-order valence-corrected chi connectivity index (χ1v) is 14.0. The Kier molecular flexibility index (Phi) is 8.29. The average Bonchev–Trinajstić information content (AvgIpc) is 2.90. The lowest BCUT2D eigenvalue weighted by Crippen LogP contribution is -2.65. The van der Waals surface area contributed by atoms with Crippen LogP contribution in [0.25, 0.3) is 5.76 Å². The summed E-state index contributed by atoms with van der Waals surface area (Å²) in [6, 6.07) is 1.39. The Morgan fingerprint density at radius 2 is 1.80 bits per heavy atom. The number of phenolic OH excluding ortho intramolecular Hbond substituents is 1. The highest BCUT2D eigenvalue weighted by atomic mass is 32.1. The van der Waals surface area contributed by atoms with Gasteiger partial charge < -0.3 is 31.5 Å². The molecule has 0 aliphatic heterocycles. The van der Waals surface area contributed by atoms with Crippen LogP contribution in [0.2, 0.25) is 0 Å². The molecule has 1 aromatic carbocycles. The molecule has 222 valence electrons. The van der Waals surface area contributed by atoms with E-state index in [0.717, 1.165) is 0 Å². The van der Waals surface area contributed by atoms with Crippen molar-refractivity contribution in [2.24, 2.45) is 17.6 Å². The number of benzene rings is 1. The van der Waals surface area contributed by atoms with Crippen LogP contribution >= 0.6 is 12.6 Å². The number of nitrogens with zero attached hydrogens (tertiary/aromatic N) is 2. The highest BCUT2D eigenvalue weighted by Gasteiger charge is 2.64. The van der Waals surface area contributed by atoms with E-state index in [-0.39, 0.29) is 35.4 Å². The van der Waals surface area contributed by atoms with Crippen LogP contribution in [0.15, 0.2) is 29.0 Å². The number of carbonyl (C=O) groups excluding carboxylic acids is 4. The number of likely N-dealkylation sites (N-methyl/N-ethyl adjacent to an activating group) is 2. The molecule has 3 aliphatic carbocycles. The van der Waals surface area contributed by atoms with Gasteiger partial charge in [-0.3, -0.25) is 29.0 Å². The number of hydrogen-bond acceptors (Lipinski definition) is 11. The Bertz CT molecular complexity index is 1390. The minimum absolute atomic E-state index is 0.00148. The molecule has 1 saturated carbocycles. The molecule has 5 atom stereocenters. The lowest BCUT2D eigenvalue weighted by molar-refractivity contribution is -0.153. The van der Waals surface area contributed by atoms with Crippen LogP contribution in [0.1, 0.15) is 31.4 Å². The summed E-state index contributed by atoms with van der Waals surface area (Å²) in [7, 11) is 3.08. The number of nitrogens with one attached hydrogen (secondary N) is 1. The molecule has 12 nitrogen and oxygen atoms in total. The molecule has 4 rings (SSSR count).